The van der Waals surface area contributed by atoms with Crippen molar-refractivity contribution in [2.45, 2.75) is 66.7 Å². The second kappa shape index (κ2) is 41.9. The molecule has 0 aliphatic rings. The Kier molecular flexibility index (Phi) is 36.1. The van der Waals surface area contributed by atoms with Crippen molar-refractivity contribution in [2.75, 3.05) is 0 Å². The Morgan fingerprint density at radius 2 is 0.494 bits per heavy atom. The van der Waals surface area contributed by atoms with Crippen molar-refractivity contribution in [2.24, 2.45) is 0 Å². The van der Waals surface area contributed by atoms with Crippen LogP contribution in [0.5, 0.6) is 0 Å². The second-order valence-corrected chi connectivity index (χ2v) is 19.5. The van der Waals surface area contributed by atoms with Crippen LogP contribution in [0.25, 0.3) is 66.8 Å². The summed E-state index contributed by atoms with van der Waals surface area (Å²) in [6.07, 6.45) is 0. The number of hydrogen-bond donors (Lipinski definition) is 0. The predicted molar refractivity (Wildman–Crippen MR) is 346 cm³/mol. The Hall–Kier alpha value is -6.05. The van der Waals surface area contributed by atoms with Crippen molar-refractivity contribution < 1.29 is 98.1 Å². The molecule has 3 radical (unpaired) electrons. The van der Waals surface area contributed by atoms with Gasteiger partial charge in [0, 0.05) is 98.1 Å². The van der Waals surface area contributed by atoms with Gasteiger partial charge in [0.2, 0.25) is 0 Å². The summed E-state index contributed by atoms with van der Waals surface area (Å²) in [5, 5.41) is 0. The molecular formula is C82H70Y3-12. The molecule has 0 saturated heterocycles. The molecule has 0 bridgehead atoms. The summed E-state index contributed by atoms with van der Waals surface area (Å²) < 4.78 is 0. The van der Waals surface area contributed by atoms with Crippen molar-refractivity contribution in [1.29, 1.82) is 0 Å². The van der Waals surface area contributed by atoms with Crippen LogP contribution in [0.4, 0.5) is 0 Å². The minimum atomic E-state index is 0. The molecule has 0 aliphatic carbocycles. The minimum Gasteiger partial charge on any atom is -0.226 e. The van der Waals surface area contributed by atoms with Crippen LogP contribution >= 0.6 is 0 Å². The molecule has 0 nitrogen and oxygen atoms in total. The fourth-order valence-corrected chi connectivity index (χ4v) is 7.99. The summed E-state index contributed by atoms with van der Waals surface area (Å²) in [5.74, 6) is 1.64. The Labute approximate surface area is 587 Å². The van der Waals surface area contributed by atoms with Crippen LogP contribution in [0.15, 0.2) is 273 Å². The zero-order valence-corrected chi connectivity index (χ0v) is 57.5. The monoisotopic (exact) mass is 1320 g/mol. The van der Waals surface area contributed by atoms with E-state index >= 15 is 0 Å². The van der Waals surface area contributed by atoms with E-state index in [-0.39, 0.29) is 106 Å². The quantitative estimate of drug-likeness (QED) is 0.126. The molecule has 0 saturated carbocycles. The molecule has 0 aromatic heterocycles. The van der Waals surface area contributed by atoms with E-state index < -0.39 is 0 Å². The first kappa shape index (κ1) is 73.2. The van der Waals surface area contributed by atoms with Gasteiger partial charge in [0.25, 0.3) is 0 Å². The maximum absolute atomic E-state index is 3.43. The second-order valence-electron chi connectivity index (χ2n) is 19.5. The fourth-order valence-electron chi connectivity index (χ4n) is 7.99. The topological polar surface area (TPSA) is 0 Å². The minimum absolute atomic E-state index is 0. The van der Waals surface area contributed by atoms with E-state index in [1.807, 2.05) is 206 Å². The molecule has 0 fully saturated rings. The van der Waals surface area contributed by atoms with Gasteiger partial charge in [-0.25, -0.2) is 66.8 Å². The molecule has 0 atom stereocenters. The average molecular weight is 1320 g/mol. The Balaban J connectivity index is 0.000000265. The van der Waals surface area contributed by atoms with Gasteiger partial charge in [-0.3, -0.25) is 0 Å². The van der Waals surface area contributed by atoms with Crippen molar-refractivity contribution >= 4 is 0 Å². The summed E-state index contributed by atoms with van der Waals surface area (Å²) in [4.78, 5) is 0. The smallest absolute Gasteiger partial charge is 0 e. The van der Waals surface area contributed by atoms with Gasteiger partial charge in [-0.15, -0.1) is 83.4 Å². The molecule has 0 heterocycles. The van der Waals surface area contributed by atoms with E-state index in [2.05, 4.69) is 181 Å². The van der Waals surface area contributed by atoms with Crippen molar-refractivity contribution in [3.8, 4) is 66.8 Å². The molecule has 0 N–H and O–H groups in total. The summed E-state index contributed by atoms with van der Waals surface area (Å²) in [5.41, 5.74) is 17.2. The molecular weight excluding hydrogens is 1250 g/mol. The molecule has 0 spiro atoms. The van der Waals surface area contributed by atoms with E-state index in [0.29, 0.717) is 17.8 Å². The number of hydrogen-bond acceptors (Lipinski definition) is 0. The maximum Gasteiger partial charge on any atom is 0 e. The third-order valence-corrected chi connectivity index (χ3v) is 12.6. The largest absolute Gasteiger partial charge is 0.226 e. The third kappa shape index (κ3) is 25.8. The van der Waals surface area contributed by atoms with Gasteiger partial charge in [-0.2, -0.15) is 279 Å². The van der Waals surface area contributed by atoms with E-state index in [9.17, 15) is 0 Å². The number of rotatable bonds is 9. The van der Waals surface area contributed by atoms with Gasteiger partial charge in [0.15, 0.2) is 0 Å². The van der Waals surface area contributed by atoms with Crippen LogP contribution in [0.1, 0.15) is 83.4 Å². The molecule has 3 heteroatoms. The van der Waals surface area contributed by atoms with E-state index in [0.717, 1.165) is 66.8 Å². The van der Waals surface area contributed by atoms with E-state index in [1.165, 1.54) is 16.7 Å². The van der Waals surface area contributed by atoms with Gasteiger partial charge >= 0.3 is 0 Å². The van der Waals surface area contributed by atoms with Crippen LogP contribution in [0.2, 0.25) is 0 Å². The zero-order chi connectivity index (χ0) is 56.7. The summed E-state index contributed by atoms with van der Waals surface area (Å²) >= 11 is 0. The summed E-state index contributed by atoms with van der Waals surface area (Å²) in [7, 11) is 0. The van der Waals surface area contributed by atoms with Gasteiger partial charge in [-0.05, 0) is 11.8 Å². The van der Waals surface area contributed by atoms with Gasteiger partial charge in [-0.1, -0.05) is 54.9 Å². The van der Waals surface area contributed by atoms with E-state index in [4.69, 9.17) is 0 Å². The van der Waals surface area contributed by atoms with Gasteiger partial charge < -0.3 is 0 Å². The van der Waals surface area contributed by atoms with Crippen LogP contribution in [0.3, 0.4) is 0 Å². The van der Waals surface area contributed by atoms with Crippen LogP contribution in [0, 0.1) is 72.8 Å². The SMILES string of the molecule is C.CC(C)c1[c-]c(-c2[c-]cccc2)ccc1.CC(C)c1c[c-]c(-c2[c-]cccc2)cc1.CC(C)c1cc[c-]c(-c2[c-]cccc2)c1.[Y].[Y].[Y].[c-]1ccccc1-c1[c-]cccc1.[c-]1ccccc1-c1[c-]cccc1.[c-]1ccccc1-c1[c-]cccc1. The van der Waals surface area contributed by atoms with Gasteiger partial charge in [0.05, 0.1) is 0 Å². The molecule has 419 valence electrons. The summed E-state index contributed by atoms with van der Waals surface area (Å²) in [6, 6.07) is 129. The third-order valence-electron chi connectivity index (χ3n) is 12.6. The zero-order valence-electron chi connectivity index (χ0n) is 48.9. The normalized spacial score (nSPS) is 9.71. The Bertz CT molecular complexity index is 3160. The number of benzene rings is 12. The molecule has 0 aliphatic heterocycles. The Morgan fingerprint density at radius 3 is 0.753 bits per heavy atom. The van der Waals surface area contributed by atoms with Gasteiger partial charge in [0.1, 0.15) is 0 Å². The first-order valence-corrected chi connectivity index (χ1v) is 27.5. The van der Waals surface area contributed by atoms with E-state index in [1.54, 1.807) is 0 Å². The first-order chi connectivity index (χ1) is 39.7. The molecule has 12 aromatic carbocycles. The van der Waals surface area contributed by atoms with Crippen molar-refractivity contribution in [1.82, 2.24) is 0 Å². The fraction of sp³-hybridized carbons (Fsp3) is 0.122. The standard InChI is InChI=1S/3C15H14.3C12H8.CH4.3Y/c2*1-12(2)14-9-6-10-15(11-14)13-7-4-3-5-8-13;1-12(2)13-8-10-15(11-9-13)14-6-4-3-5-7-14;3*1-3-7-11(8-4-1)12-9-5-2-6-10-12;;;;/h3-7,9,11-12H,1-2H3;3-7,9-10,12H,1-2H3;3-6,8-10,12H,1-2H3;3*1-7,9H;1H4;;;/q6*-2;;;;. The molecule has 0 unspecified atom stereocenters. The van der Waals surface area contributed by atoms with Crippen LogP contribution < -0.4 is 0 Å². The maximum atomic E-state index is 3.43. The predicted octanol–water partition coefficient (Wildman–Crippen LogP) is 21.7. The van der Waals surface area contributed by atoms with Crippen molar-refractivity contribution in [3.05, 3.63) is 362 Å². The Morgan fingerprint density at radius 1 is 0.224 bits per heavy atom. The summed E-state index contributed by atoms with van der Waals surface area (Å²) in [6.45, 7) is 13.2. The molecule has 12 aromatic rings. The molecule has 12 rings (SSSR count). The molecule has 85 heavy (non-hydrogen) atoms. The first-order valence-electron chi connectivity index (χ1n) is 27.5. The van der Waals surface area contributed by atoms with Crippen molar-refractivity contribution in [3.63, 3.8) is 0 Å². The average Bonchev–Trinajstić information content (AvgIpc) is 3.68. The van der Waals surface area contributed by atoms with Crippen LogP contribution in [-0.4, -0.2) is 0 Å². The van der Waals surface area contributed by atoms with Crippen LogP contribution in [-0.2, 0) is 98.1 Å². The molecule has 0 amide bonds.